The largest absolute Gasteiger partial charge is 0.486 e. The van der Waals surface area contributed by atoms with E-state index < -0.39 is 0 Å². The van der Waals surface area contributed by atoms with E-state index in [0.717, 1.165) is 16.5 Å². The van der Waals surface area contributed by atoms with Crippen molar-refractivity contribution in [2.45, 2.75) is 19.6 Å². The van der Waals surface area contributed by atoms with Gasteiger partial charge >= 0.3 is 0 Å². The van der Waals surface area contributed by atoms with Gasteiger partial charge < -0.3 is 14.6 Å². The molecule has 0 fully saturated rings. The molecule has 4 rings (SSSR count). The Kier molecular flexibility index (Phi) is 5.44. The minimum absolute atomic E-state index is 0.165. The number of amides is 1. The maximum atomic E-state index is 12.4. The lowest BCUT2D eigenvalue weighted by Crippen LogP contribution is -2.26. The highest BCUT2D eigenvalue weighted by atomic mass is 35.5. The molecule has 146 valence electrons. The molecule has 0 bridgehead atoms. The van der Waals surface area contributed by atoms with Crippen LogP contribution in [0.3, 0.4) is 0 Å². The second-order valence-corrected chi connectivity index (χ2v) is 7.01. The maximum absolute atomic E-state index is 12.4. The Morgan fingerprint density at radius 3 is 2.83 bits per heavy atom. The van der Waals surface area contributed by atoms with Crippen LogP contribution < -0.4 is 10.1 Å². The zero-order valence-corrected chi connectivity index (χ0v) is 16.4. The van der Waals surface area contributed by atoms with E-state index in [2.05, 4.69) is 15.5 Å². The van der Waals surface area contributed by atoms with E-state index in [-0.39, 0.29) is 24.2 Å². The number of fused-ring (bicyclic) bond motifs is 1. The topological polar surface area (TPSA) is 77.2 Å². The molecule has 2 aromatic carbocycles. The Balaban J connectivity index is 1.37. The molecule has 1 amide bonds. The molecule has 29 heavy (non-hydrogen) atoms. The van der Waals surface area contributed by atoms with Crippen molar-refractivity contribution in [1.82, 2.24) is 15.5 Å². The second kappa shape index (κ2) is 8.32. The quantitative estimate of drug-likeness (QED) is 0.489. The molecule has 0 spiro atoms. The number of rotatable bonds is 6. The van der Waals surface area contributed by atoms with Crippen LogP contribution in [-0.4, -0.2) is 16.0 Å². The highest BCUT2D eigenvalue weighted by molar-refractivity contribution is 6.30. The van der Waals surface area contributed by atoms with Gasteiger partial charge in [-0.1, -0.05) is 35.0 Å². The Bertz CT molecular complexity index is 1140. The van der Waals surface area contributed by atoms with Crippen molar-refractivity contribution in [2.24, 2.45) is 0 Å². The van der Waals surface area contributed by atoms with Crippen molar-refractivity contribution >= 4 is 28.4 Å². The SMILES string of the molecule is CC(NC(=O)c1cc(COc2ccc3ncccc3c2)on1)c1ccc(Cl)cc1. The zero-order valence-electron chi connectivity index (χ0n) is 15.6. The fourth-order valence-corrected chi connectivity index (χ4v) is 3.02. The Morgan fingerprint density at radius 1 is 1.17 bits per heavy atom. The highest BCUT2D eigenvalue weighted by Gasteiger charge is 2.16. The lowest BCUT2D eigenvalue weighted by molar-refractivity contribution is 0.0930. The number of hydrogen-bond donors (Lipinski definition) is 1. The molecule has 1 N–H and O–H groups in total. The third-order valence-electron chi connectivity index (χ3n) is 4.46. The van der Waals surface area contributed by atoms with Gasteiger partial charge in [0.05, 0.1) is 11.6 Å². The van der Waals surface area contributed by atoms with Crippen LogP contribution in [0.25, 0.3) is 10.9 Å². The number of ether oxygens (including phenoxy) is 1. The van der Waals surface area contributed by atoms with Crippen molar-refractivity contribution in [3.8, 4) is 5.75 Å². The number of pyridine rings is 1. The third kappa shape index (κ3) is 4.55. The zero-order chi connectivity index (χ0) is 20.2. The van der Waals surface area contributed by atoms with Crippen molar-refractivity contribution in [1.29, 1.82) is 0 Å². The molecule has 1 unspecified atom stereocenters. The molecule has 0 radical (unpaired) electrons. The smallest absolute Gasteiger partial charge is 0.273 e. The number of nitrogens with zero attached hydrogens (tertiary/aromatic N) is 2. The van der Waals surface area contributed by atoms with Gasteiger partial charge in [-0.2, -0.15) is 0 Å². The molecule has 0 saturated carbocycles. The molecule has 0 aliphatic carbocycles. The molecule has 0 aliphatic rings. The first-order valence-corrected chi connectivity index (χ1v) is 9.46. The monoisotopic (exact) mass is 407 g/mol. The maximum Gasteiger partial charge on any atom is 0.273 e. The van der Waals surface area contributed by atoms with Crippen molar-refractivity contribution in [3.05, 3.63) is 88.9 Å². The Labute approximate surface area is 172 Å². The van der Waals surface area contributed by atoms with Gasteiger partial charge in [0.25, 0.3) is 5.91 Å². The minimum atomic E-state index is -0.320. The van der Waals surface area contributed by atoms with Gasteiger partial charge in [-0.15, -0.1) is 0 Å². The predicted molar refractivity (Wildman–Crippen MR) is 110 cm³/mol. The molecular weight excluding hydrogens is 390 g/mol. The summed E-state index contributed by atoms with van der Waals surface area (Å²) in [6, 6.07) is 18.2. The predicted octanol–water partition coefficient (Wildman–Crippen LogP) is 4.95. The summed E-state index contributed by atoms with van der Waals surface area (Å²) >= 11 is 5.90. The summed E-state index contributed by atoms with van der Waals surface area (Å²) in [7, 11) is 0. The minimum Gasteiger partial charge on any atom is -0.486 e. The summed E-state index contributed by atoms with van der Waals surface area (Å²) < 4.78 is 11.0. The number of nitrogens with one attached hydrogen (secondary N) is 1. The second-order valence-electron chi connectivity index (χ2n) is 6.57. The molecule has 6 nitrogen and oxygen atoms in total. The molecule has 1 atom stereocenters. The fourth-order valence-electron chi connectivity index (χ4n) is 2.89. The fraction of sp³-hybridized carbons (Fsp3) is 0.136. The Morgan fingerprint density at radius 2 is 2.00 bits per heavy atom. The molecule has 7 heteroatoms. The van der Waals surface area contributed by atoms with Gasteiger partial charge in [0.2, 0.25) is 0 Å². The molecule has 0 saturated heterocycles. The number of hydrogen-bond acceptors (Lipinski definition) is 5. The molecule has 2 heterocycles. The van der Waals surface area contributed by atoms with Gasteiger partial charge in [-0.05, 0) is 48.9 Å². The van der Waals surface area contributed by atoms with E-state index in [9.17, 15) is 4.79 Å². The van der Waals surface area contributed by atoms with E-state index >= 15 is 0 Å². The van der Waals surface area contributed by atoms with Crippen LogP contribution in [0, 0.1) is 0 Å². The lowest BCUT2D eigenvalue weighted by atomic mass is 10.1. The molecule has 4 aromatic rings. The van der Waals surface area contributed by atoms with Gasteiger partial charge in [0, 0.05) is 22.7 Å². The number of halogens is 1. The van der Waals surface area contributed by atoms with Crippen LogP contribution in [0.4, 0.5) is 0 Å². The van der Waals surface area contributed by atoms with Crippen LogP contribution in [0.15, 0.2) is 71.4 Å². The van der Waals surface area contributed by atoms with Crippen LogP contribution in [-0.2, 0) is 6.61 Å². The van der Waals surface area contributed by atoms with Gasteiger partial charge in [0.1, 0.15) is 12.4 Å². The molecular formula is C22H18ClN3O3. The van der Waals surface area contributed by atoms with E-state index in [1.165, 1.54) is 0 Å². The van der Waals surface area contributed by atoms with E-state index in [1.54, 1.807) is 24.4 Å². The normalized spacial score (nSPS) is 11.9. The first-order chi connectivity index (χ1) is 14.1. The van der Waals surface area contributed by atoms with E-state index in [1.807, 2.05) is 49.4 Å². The summed E-state index contributed by atoms with van der Waals surface area (Å²) in [6.45, 7) is 2.05. The van der Waals surface area contributed by atoms with Gasteiger partial charge in [-0.3, -0.25) is 9.78 Å². The summed E-state index contributed by atoms with van der Waals surface area (Å²) in [4.78, 5) is 16.7. The van der Waals surface area contributed by atoms with Crippen LogP contribution >= 0.6 is 11.6 Å². The van der Waals surface area contributed by atoms with Crippen LogP contribution in [0.2, 0.25) is 5.02 Å². The van der Waals surface area contributed by atoms with E-state index in [4.69, 9.17) is 20.9 Å². The summed E-state index contributed by atoms with van der Waals surface area (Å²) in [6.07, 6.45) is 1.75. The number of carbonyl (C=O) groups excluding carboxylic acids is 1. The average molecular weight is 408 g/mol. The summed E-state index contributed by atoms with van der Waals surface area (Å²) in [5, 5.41) is 8.36. The highest BCUT2D eigenvalue weighted by Crippen LogP contribution is 2.20. The lowest BCUT2D eigenvalue weighted by Gasteiger charge is -2.13. The van der Waals surface area contributed by atoms with E-state index in [0.29, 0.717) is 16.5 Å². The Hall–Kier alpha value is -3.38. The molecule has 0 aliphatic heterocycles. The molecule has 2 aromatic heterocycles. The van der Waals surface area contributed by atoms with Crippen molar-refractivity contribution < 1.29 is 14.1 Å². The average Bonchev–Trinajstić information content (AvgIpc) is 3.22. The number of carbonyl (C=O) groups is 1. The van der Waals surface area contributed by atoms with Gasteiger partial charge in [-0.25, -0.2) is 0 Å². The first kappa shape index (κ1) is 19.0. The third-order valence-corrected chi connectivity index (χ3v) is 4.72. The van der Waals surface area contributed by atoms with Crippen molar-refractivity contribution in [2.75, 3.05) is 0 Å². The summed E-state index contributed by atoms with van der Waals surface area (Å²) in [5.74, 6) is 0.823. The number of aromatic nitrogens is 2. The van der Waals surface area contributed by atoms with Crippen LogP contribution in [0.5, 0.6) is 5.75 Å². The first-order valence-electron chi connectivity index (χ1n) is 9.08. The van der Waals surface area contributed by atoms with Crippen molar-refractivity contribution in [3.63, 3.8) is 0 Å². The van der Waals surface area contributed by atoms with Crippen LogP contribution in [0.1, 0.15) is 34.8 Å². The number of benzene rings is 2. The standard InChI is InChI=1S/C22H18ClN3O3/c1-14(15-4-6-17(23)7-5-15)25-22(27)21-12-19(29-26-21)13-28-18-8-9-20-16(11-18)3-2-10-24-20/h2-12,14H,13H2,1H3,(H,25,27). The summed E-state index contributed by atoms with van der Waals surface area (Å²) in [5.41, 5.74) is 2.04. The van der Waals surface area contributed by atoms with Gasteiger partial charge in [0.15, 0.2) is 11.5 Å².